The molecule has 1 saturated carbocycles. The minimum atomic E-state index is -0.319. The Balaban J connectivity index is 1.98. The molecule has 7 heteroatoms. The lowest BCUT2D eigenvalue weighted by Gasteiger charge is -2.17. The lowest BCUT2D eigenvalue weighted by atomic mass is 10.1. The van der Waals surface area contributed by atoms with Crippen LogP contribution in [0.15, 0.2) is 10.9 Å². The van der Waals surface area contributed by atoms with Gasteiger partial charge in [-0.3, -0.25) is 19.4 Å². The Morgan fingerprint density at radius 2 is 2.32 bits per heavy atom. The molecular formula is C15H20N4O3. The number of H-pyrrole nitrogens is 1. The van der Waals surface area contributed by atoms with E-state index in [4.69, 9.17) is 5.11 Å². The number of nitrogens with one attached hydrogen (secondary N) is 2. The summed E-state index contributed by atoms with van der Waals surface area (Å²) in [7, 11) is 1.69. The van der Waals surface area contributed by atoms with E-state index in [-0.39, 0.29) is 24.1 Å². The number of rotatable bonds is 5. The maximum atomic E-state index is 12.6. The number of carbonyl (C=O) groups excluding carboxylic acids is 1. The van der Waals surface area contributed by atoms with Gasteiger partial charge in [0.2, 0.25) is 0 Å². The Labute approximate surface area is 127 Å². The van der Waals surface area contributed by atoms with Gasteiger partial charge in [0.15, 0.2) is 5.65 Å². The molecule has 3 N–H and O–H groups in total. The van der Waals surface area contributed by atoms with Crippen molar-refractivity contribution in [3.8, 4) is 0 Å². The first-order valence-corrected chi connectivity index (χ1v) is 7.49. The molecule has 1 aliphatic rings. The van der Waals surface area contributed by atoms with Crippen LogP contribution in [0.3, 0.4) is 0 Å². The van der Waals surface area contributed by atoms with E-state index in [1.54, 1.807) is 20.0 Å². The average Bonchev–Trinajstić information content (AvgIpc) is 3.26. The Hall–Kier alpha value is -2.15. The van der Waals surface area contributed by atoms with Gasteiger partial charge in [-0.25, -0.2) is 4.98 Å². The lowest BCUT2D eigenvalue weighted by Crippen LogP contribution is -2.37. The SMILES string of the molecule is Cc1cc(C(=O)NC(CCO)C2CC2)c2c(=O)[nH]n(C)c2n1. The summed E-state index contributed by atoms with van der Waals surface area (Å²) in [5.74, 6) is 0.154. The molecule has 1 amide bonds. The zero-order valence-corrected chi connectivity index (χ0v) is 12.7. The van der Waals surface area contributed by atoms with Crippen molar-refractivity contribution in [1.29, 1.82) is 0 Å². The van der Waals surface area contributed by atoms with E-state index < -0.39 is 0 Å². The maximum absolute atomic E-state index is 12.6. The zero-order valence-electron chi connectivity index (χ0n) is 12.7. The van der Waals surface area contributed by atoms with Gasteiger partial charge < -0.3 is 10.4 Å². The van der Waals surface area contributed by atoms with E-state index in [2.05, 4.69) is 15.4 Å². The van der Waals surface area contributed by atoms with E-state index in [1.807, 2.05) is 0 Å². The summed E-state index contributed by atoms with van der Waals surface area (Å²) in [5, 5.41) is 15.0. The first kappa shape index (κ1) is 14.8. The quantitative estimate of drug-likeness (QED) is 0.747. The number of nitrogens with zero attached hydrogens (tertiary/aromatic N) is 2. The number of aryl methyl sites for hydroxylation is 2. The standard InChI is InChI=1S/C15H20N4O3/c1-8-7-10(12-13(16-8)19(2)18-15(12)22)14(21)17-11(5-6-20)9-3-4-9/h7,9,11,20H,3-6H2,1-2H3,(H,17,21)(H,18,22). The van der Waals surface area contributed by atoms with Gasteiger partial charge in [-0.15, -0.1) is 0 Å². The van der Waals surface area contributed by atoms with Crippen LogP contribution in [0.4, 0.5) is 0 Å². The average molecular weight is 304 g/mol. The van der Waals surface area contributed by atoms with Crippen LogP contribution in [0.5, 0.6) is 0 Å². The van der Waals surface area contributed by atoms with Gasteiger partial charge in [0.05, 0.1) is 10.9 Å². The Morgan fingerprint density at radius 3 is 2.95 bits per heavy atom. The fourth-order valence-electron chi connectivity index (χ4n) is 2.87. The third kappa shape index (κ3) is 2.64. The van der Waals surface area contributed by atoms with Crippen molar-refractivity contribution in [1.82, 2.24) is 20.1 Å². The molecule has 0 radical (unpaired) electrons. The molecule has 0 aliphatic heterocycles. The monoisotopic (exact) mass is 304 g/mol. The van der Waals surface area contributed by atoms with Crippen LogP contribution in [0.1, 0.15) is 35.3 Å². The maximum Gasteiger partial charge on any atom is 0.274 e. The van der Waals surface area contributed by atoms with E-state index >= 15 is 0 Å². The highest BCUT2D eigenvalue weighted by Gasteiger charge is 2.32. The van der Waals surface area contributed by atoms with Crippen LogP contribution in [0.2, 0.25) is 0 Å². The summed E-state index contributed by atoms with van der Waals surface area (Å²) in [5.41, 5.74) is 1.17. The predicted octanol–water partition coefficient (Wildman–Crippen LogP) is 0.461. The number of aromatic nitrogens is 3. The van der Waals surface area contributed by atoms with Crippen LogP contribution in [0, 0.1) is 12.8 Å². The van der Waals surface area contributed by atoms with Crippen molar-refractivity contribution in [2.75, 3.05) is 6.61 Å². The van der Waals surface area contributed by atoms with Crippen LogP contribution in [-0.2, 0) is 7.05 Å². The number of aliphatic hydroxyl groups excluding tert-OH is 1. The van der Waals surface area contributed by atoms with Crippen molar-refractivity contribution < 1.29 is 9.90 Å². The number of fused-ring (bicyclic) bond motifs is 1. The van der Waals surface area contributed by atoms with Gasteiger partial charge in [-0.2, -0.15) is 0 Å². The highest BCUT2D eigenvalue weighted by atomic mass is 16.3. The zero-order chi connectivity index (χ0) is 15.9. The van der Waals surface area contributed by atoms with Gasteiger partial charge >= 0.3 is 0 Å². The topological polar surface area (TPSA) is 100 Å². The number of carbonyl (C=O) groups is 1. The minimum absolute atomic E-state index is 0.0381. The Bertz CT molecular complexity index is 773. The van der Waals surface area contributed by atoms with Crippen LogP contribution < -0.4 is 10.9 Å². The molecule has 22 heavy (non-hydrogen) atoms. The molecule has 1 atom stereocenters. The van der Waals surface area contributed by atoms with Crippen molar-refractivity contribution in [2.45, 2.75) is 32.2 Å². The third-order valence-corrected chi connectivity index (χ3v) is 4.13. The van der Waals surface area contributed by atoms with Crippen molar-refractivity contribution >= 4 is 16.9 Å². The summed E-state index contributed by atoms with van der Waals surface area (Å²) >= 11 is 0. The fourth-order valence-corrected chi connectivity index (χ4v) is 2.87. The highest BCUT2D eigenvalue weighted by molar-refractivity contribution is 6.05. The fraction of sp³-hybridized carbons (Fsp3) is 0.533. The predicted molar refractivity (Wildman–Crippen MR) is 81.8 cm³/mol. The van der Waals surface area contributed by atoms with Crippen molar-refractivity contribution in [2.24, 2.45) is 13.0 Å². The summed E-state index contributed by atoms with van der Waals surface area (Å²) < 4.78 is 1.52. The van der Waals surface area contributed by atoms with Crippen LogP contribution in [-0.4, -0.2) is 38.4 Å². The second-order valence-corrected chi connectivity index (χ2v) is 5.94. The number of pyridine rings is 1. The molecule has 1 fully saturated rings. The highest BCUT2D eigenvalue weighted by Crippen LogP contribution is 2.34. The minimum Gasteiger partial charge on any atom is -0.396 e. The number of aromatic amines is 1. The molecule has 2 aromatic heterocycles. The molecule has 0 saturated heterocycles. The van der Waals surface area contributed by atoms with Gasteiger partial charge in [0.1, 0.15) is 0 Å². The van der Waals surface area contributed by atoms with Crippen LogP contribution >= 0.6 is 0 Å². The number of hydrogen-bond donors (Lipinski definition) is 3. The molecule has 3 rings (SSSR count). The number of aliphatic hydroxyl groups is 1. The summed E-state index contributed by atoms with van der Waals surface area (Å²) in [6.45, 7) is 1.83. The second-order valence-electron chi connectivity index (χ2n) is 5.94. The lowest BCUT2D eigenvalue weighted by molar-refractivity contribution is 0.0925. The van der Waals surface area contributed by atoms with E-state index in [1.165, 1.54) is 4.68 Å². The van der Waals surface area contributed by atoms with E-state index in [0.717, 1.165) is 12.8 Å². The first-order valence-electron chi connectivity index (χ1n) is 7.49. The smallest absolute Gasteiger partial charge is 0.274 e. The Morgan fingerprint density at radius 1 is 1.59 bits per heavy atom. The molecule has 1 aliphatic carbocycles. The third-order valence-electron chi connectivity index (χ3n) is 4.13. The Kier molecular flexibility index (Phi) is 3.74. The van der Waals surface area contributed by atoms with Gasteiger partial charge in [-0.05, 0) is 38.2 Å². The van der Waals surface area contributed by atoms with Crippen LogP contribution in [0.25, 0.3) is 11.0 Å². The second kappa shape index (κ2) is 5.57. The first-order chi connectivity index (χ1) is 10.5. The summed E-state index contributed by atoms with van der Waals surface area (Å²) in [6, 6.07) is 1.60. The molecular weight excluding hydrogens is 284 g/mol. The van der Waals surface area contributed by atoms with Gasteiger partial charge in [0.25, 0.3) is 11.5 Å². The summed E-state index contributed by atoms with van der Waals surface area (Å²) in [4.78, 5) is 29.0. The molecule has 2 aromatic rings. The molecule has 118 valence electrons. The van der Waals surface area contributed by atoms with E-state index in [0.29, 0.717) is 34.6 Å². The van der Waals surface area contributed by atoms with E-state index in [9.17, 15) is 9.59 Å². The molecule has 0 bridgehead atoms. The van der Waals surface area contributed by atoms with Gasteiger partial charge in [0, 0.05) is 25.4 Å². The molecule has 7 nitrogen and oxygen atoms in total. The molecule has 2 heterocycles. The van der Waals surface area contributed by atoms with Crippen molar-refractivity contribution in [3.63, 3.8) is 0 Å². The molecule has 0 aromatic carbocycles. The molecule has 1 unspecified atom stereocenters. The largest absolute Gasteiger partial charge is 0.396 e. The van der Waals surface area contributed by atoms with Gasteiger partial charge in [-0.1, -0.05) is 0 Å². The normalized spacial score (nSPS) is 16.0. The van der Waals surface area contributed by atoms with Crippen molar-refractivity contribution in [3.05, 3.63) is 27.7 Å². The summed E-state index contributed by atoms with van der Waals surface area (Å²) in [6.07, 6.45) is 2.68. The number of hydrogen-bond acceptors (Lipinski definition) is 4. The molecule has 0 spiro atoms. The number of amides is 1.